The highest BCUT2D eigenvalue weighted by molar-refractivity contribution is 6.34. The number of aromatic hydroxyl groups is 1. The zero-order valence-electron chi connectivity index (χ0n) is 26.9. The third-order valence-electron chi connectivity index (χ3n) is 9.32. The monoisotopic (exact) mass is 704 g/mol. The molecule has 14 heteroatoms. The lowest BCUT2D eigenvalue weighted by Gasteiger charge is -2.51. The van der Waals surface area contributed by atoms with Crippen molar-refractivity contribution < 1.29 is 49.0 Å². The number of ether oxygens (including phenoxy) is 4. The molecule has 6 bridgehead atoms. The Balaban J connectivity index is 1.50. The number of nitrogens with one attached hydrogen (secondary N) is 1. The lowest BCUT2D eigenvalue weighted by Crippen LogP contribution is -2.67. The van der Waals surface area contributed by atoms with E-state index < -0.39 is 72.5 Å². The Kier molecular flexibility index (Phi) is 9.10. The van der Waals surface area contributed by atoms with E-state index >= 15 is 0 Å². The van der Waals surface area contributed by atoms with Gasteiger partial charge >= 0.3 is 5.97 Å². The van der Waals surface area contributed by atoms with Crippen molar-refractivity contribution in [2.24, 2.45) is 0 Å². The minimum absolute atomic E-state index is 0.0330. The number of rotatable bonds is 4. The third kappa shape index (κ3) is 5.77. The molecule has 48 heavy (non-hydrogen) atoms. The van der Waals surface area contributed by atoms with Gasteiger partial charge in [-0.15, -0.1) is 0 Å². The number of carbonyl (C=O) groups is 2. The first-order valence-electron chi connectivity index (χ1n) is 15.5. The second-order valence-corrected chi connectivity index (χ2v) is 14.1. The van der Waals surface area contributed by atoms with Crippen molar-refractivity contribution in [3.8, 4) is 11.5 Å². The Morgan fingerprint density at radius 1 is 1.10 bits per heavy atom. The molecule has 2 aromatic carbocycles. The lowest BCUT2D eigenvalue weighted by molar-refractivity contribution is -0.329. The number of phenols is 1. The first kappa shape index (κ1) is 34.7. The fourth-order valence-electron chi connectivity index (χ4n) is 7.35. The molecule has 1 amide bonds. The van der Waals surface area contributed by atoms with Gasteiger partial charge in [-0.25, -0.2) is 0 Å². The fraction of sp³-hybridized carbons (Fsp3) is 0.471. The molecule has 0 saturated carbocycles. The van der Waals surface area contributed by atoms with E-state index in [4.69, 9.17) is 42.1 Å². The van der Waals surface area contributed by atoms with Crippen LogP contribution >= 0.6 is 23.2 Å². The van der Waals surface area contributed by atoms with Crippen molar-refractivity contribution in [3.05, 3.63) is 74.8 Å². The summed E-state index contributed by atoms with van der Waals surface area (Å²) in [5, 5.41) is 47.8. The van der Waals surface area contributed by atoms with Crippen molar-refractivity contribution in [3.63, 3.8) is 0 Å². The standard InChI is InChI=1S/C34H38Cl2N2O10/c1-15(39)37-21-13-24(42)45-14-23(41)17-8-9-18-25(26(17)36)19-7-6-10-34(19,31(18)46-29-20(35)11-16(21)12-22(29)40)48-32-28(44)27(43)30(38(4)5)33(2,3)47-32/h6-12,21,23,27-28,30-32,40-41,43-44H,13-14H2,1-5H3,(H,37,39)/t21-,23-,27-,28+,30-,31+,32-,34+/m0/s1. The van der Waals surface area contributed by atoms with Crippen LogP contribution in [0.15, 0.2) is 42.5 Å². The summed E-state index contributed by atoms with van der Waals surface area (Å²) in [4.78, 5) is 26.7. The van der Waals surface area contributed by atoms with Gasteiger partial charge in [0.1, 0.15) is 24.9 Å². The van der Waals surface area contributed by atoms with Crippen LogP contribution < -0.4 is 10.1 Å². The van der Waals surface area contributed by atoms with Gasteiger partial charge in [0, 0.05) is 29.2 Å². The van der Waals surface area contributed by atoms with Crippen LogP contribution in [0.25, 0.3) is 5.57 Å². The molecule has 5 aliphatic heterocycles. The summed E-state index contributed by atoms with van der Waals surface area (Å²) in [6, 6.07) is 4.54. The van der Waals surface area contributed by atoms with Crippen molar-refractivity contribution in [1.29, 1.82) is 0 Å². The molecule has 8 atom stereocenters. The number of benzene rings is 2. The molecular formula is C34H38Cl2N2O10. The van der Waals surface area contributed by atoms with Crippen LogP contribution in [0.4, 0.5) is 0 Å². The number of hydrogen-bond donors (Lipinski definition) is 5. The normalized spacial score (nSPS) is 32.2. The van der Waals surface area contributed by atoms with Gasteiger partial charge in [-0.05, 0) is 51.7 Å². The summed E-state index contributed by atoms with van der Waals surface area (Å²) in [6.45, 7) is 4.42. The number of hydrogen-bond acceptors (Lipinski definition) is 11. The molecule has 0 unspecified atom stereocenters. The highest BCUT2D eigenvalue weighted by Gasteiger charge is 2.59. The summed E-state index contributed by atoms with van der Waals surface area (Å²) in [6.07, 6.45) is -1.65. The van der Waals surface area contributed by atoms with E-state index in [9.17, 15) is 30.0 Å². The minimum Gasteiger partial charge on any atom is -0.504 e. The van der Waals surface area contributed by atoms with E-state index in [1.807, 2.05) is 0 Å². The van der Waals surface area contributed by atoms with Crippen LogP contribution in [-0.4, -0.2) is 93.6 Å². The van der Waals surface area contributed by atoms with E-state index in [-0.39, 0.29) is 33.5 Å². The number of esters is 1. The number of aliphatic hydroxyl groups is 3. The molecule has 0 radical (unpaired) electrons. The molecule has 7 aliphatic rings. The Hall–Kier alpha value is -3.20. The Bertz CT molecular complexity index is 1690. The molecule has 12 nitrogen and oxygen atoms in total. The van der Waals surface area contributed by atoms with E-state index in [1.165, 1.54) is 19.1 Å². The summed E-state index contributed by atoms with van der Waals surface area (Å²) >= 11 is 13.7. The maximum Gasteiger partial charge on any atom is 0.308 e. The molecule has 0 aromatic heterocycles. The van der Waals surface area contributed by atoms with Gasteiger partial charge < -0.3 is 49.6 Å². The van der Waals surface area contributed by atoms with Gasteiger partial charge in [0.05, 0.1) is 34.2 Å². The zero-order valence-corrected chi connectivity index (χ0v) is 28.5. The number of likely N-dealkylation sites (N-methyl/N-ethyl adjacent to an activating group) is 1. The summed E-state index contributed by atoms with van der Waals surface area (Å²) < 4.78 is 25.0. The van der Waals surface area contributed by atoms with Crippen LogP contribution in [0.2, 0.25) is 10.0 Å². The van der Waals surface area contributed by atoms with Crippen molar-refractivity contribution in [2.75, 3.05) is 20.7 Å². The number of halogens is 2. The number of aliphatic hydroxyl groups excluding tert-OH is 3. The minimum atomic E-state index is -1.53. The Morgan fingerprint density at radius 2 is 1.81 bits per heavy atom. The van der Waals surface area contributed by atoms with Crippen LogP contribution in [0.3, 0.4) is 0 Å². The van der Waals surface area contributed by atoms with Gasteiger partial charge in [0.2, 0.25) is 5.91 Å². The molecule has 1 fully saturated rings. The third-order valence-corrected chi connectivity index (χ3v) is 10.0. The van der Waals surface area contributed by atoms with Crippen molar-refractivity contribution in [2.45, 2.75) is 81.2 Å². The van der Waals surface area contributed by atoms with E-state index in [2.05, 4.69) is 5.32 Å². The Labute approximate surface area is 287 Å². The first-order valence-corrected chi connectivity index (χ1v) is 16.2. The molecular weight excluding hydrogens is 667 g/mol. The van der Waals surface area contributed by atoms with E-state index in [0.29, 0.717) is 22.3 Å². The number of fused-ring (bicyclic) bond motifs is 1. The Morgan fingerprint density at radius 3 is 2.48 bits per heavy atom. The largest absolute Gasteiger partial charge is 0.504 e. The van der Waals surface area contributed by atoms with Crippen LogP contribution in [0.1, 0.15) is 67.7 Å². The predicted octanol–water partition coefficient (Wildman–Crippen LogP) is 3.49. The maximum atomic E-state index is 12.9. The SMILES string of the molecule is CC(=O)N[C@H]1CC(=O)OC[C@H](O)c2ccc3c(c2Cl)C2=CC=C[C@]2(O[C@@H]2OC(C)(C)[C@@H](N(C)C)[C@@H](O)[C@H]2O)[C@@H]3Oc2c(O)cc1cc2Cl. The maximum absolute atomic E-state index is 12.9. The molecule has 5 heterocycles. The first-order chi connectivity index (χ1) is 22.6. The molecule has 2 aromatic rings. The number of carbonyl (C=O) groups excluding carboxylic acids is 2. The van der Waals surface area contributed by atoms with Gasteiger partial charge in [0.15, 0.2) is 29.5 Å². The molecule has 0 spiro atoms. The molecule has 258 valence electrons. The van der Waals surface area contributed by atoms with Gasteiger partial charge in [-0.2, -0.15) is 0 Å². The van der Waals surface area contributed by atoms with Gasteiger partial charge in [0.25, 0.3) is 0 Å². The molecule has 2 aliphatic carbocycles. The highest BCUT2D eigenvalue weighted by atomic mass is 35.5. The number of nitrogens with zero attached hydrogens (tertiary/aromatic N) is 1. The van der Waals surface area contributed by atoms with Gasteiger partial charge in [-0.1, -0.05) is 47.5 Å². The summed E-state index contributed by atoms with van der Waals surface area (Å²) in [5.74, 6) is -1.68. The second kappa shape index (κ2) is 12.6. The average Bonchev–Trinajstić information content (AvgIpc) is 3.50. The zero-order chi connectivity index (χ0) is 34.9. The summed E-state index contributed by atoms with van der Waals surface area (Å²) in [5.41, 5.74) is -0.481. The van der Waals surface area contributed by atoms with E-state index in [1.54, 1.807) is 63.2 Å². The fourth-order valence-corrected chi connectivity index (χ4v) is 8.02. The quantitative estimate of drug-likeness (QED) is 0.296. The van der Waals surface area contributed by atoms with Crippen LogP contribution in [-0.2, 0) is 23.8 Å². The van der Waals surface area contributed by atoms with Crippen molar-refractivity contribution in [1.82, 2.24) is 10.2 Å². The van der Waals surface area contributed by atoms with Gasteiger partial charge in [-0.3, -0.25) is 9.59 Å². The van der Waals surface area contributed by atoms with Crippen LogP contribution in [0.5, 0.6) is 11.5 Å². The lowest BCUT2D eigenvalue weighted by atomic mass is 9.86. The topological polar surface area (TPSA) is 167 Å². The van der Waals surface area contributed by atoms with E-state index in [0.717, 1.165) is 0 Å². The van der Waals surface area contributed by atoms with Crippen molar-refractivity contribution >= 4 is 40.7 Å². The number of amides is 1. The average molecular weight is 706 g/mol. The van der Waals surface area contributed by atoms with Crippen LogP contribution in [0, 0.1) is 0 Å². The smallest absolute Gasteiger partial charge is 0.308 e. The number of phenolic OH excluding ortho intramolecular Hbond substituents is 1. The molecule has 5 N–H and O–H groups in total. The molecule has 1 saturated heterocycles. The molecule has 9 rings (SSSR count). The summed E-state index contributed by atoms with van der Waals surface area (Å²) in [7, 11) is 3.55. The number of allylic oxidation sites excluding steroid dienone is 2. The highest BCUT2D eigenvalue weighted by Crippen LogP contribution is 2.59. The second-order valence-electron chi connectivity index (χ2n) is 13.3. The predicted molar refractivity (Wildman–Crippen MR) is 174 cm³/mol.